The molecule has 0 saturated heterocycles. The molecule has 1 aromatic rings. The second-order valence-electron chi connectivity index (χ2n) is 5.52. The van der Waals surface area contributed by atoms with E-state index < -0.39 is 36.4 Å². The molecule has 1 aliphatic carbocycles. The molecule has 6 N–H and O–H groups in total. The number of ether oxygens (including phenoxy) is 2. The zero-order chi connectivity index (χ0) is 16.0. The van der Waals surface area contributed by atoms with E-state index in [4.69, 9.17) is 15.2 Å². The van der Waals surface area contributed by atoms with Crippen LogP contribution in [0, 0.1) is 0 Å². The zero-order valence-electron chi connectivity index (χ0n) is 11.5. The third-order valence-electron chi connectivity index (χ3n) is 4.29. The first kappa shape index (κ1) is 15.2. The number of nitrogens with two attached hydrogens (primary N) is 1. The van der Waals surface area contributed by atoms with E-state index >= 15 is 0 Å². The summed E-state index contributed by atoms with van der Waals surface area (Å²) in [6, 6.07) is 1.89. The zero-order valence-corrected chi connectivity index (χ0v) is 11.5. The number of aliphatic hydroxyl groups excluding tert-OH is 4. The Bertz CT molecular complexity index is 577. The van der Waals surface area contributed by atoms with Gasteiger partial charge in [-0.25, -0.2) is 0 Å². The standard InChI is InChI=1S/C14H17NO7/c15-10-9(11(17)13(19)14(20)12(10)18)6-2-8-7(21-4-22-8)1-5(6)3-16/h1-3,9-14,17-20H,4,15H2/t9-,10-,11-,12+,13+,14+/m1/s1. The van der Waals surface area contributed by atoms with Crippen molar-refractivity contribution in [2.24, 2.45) is 5.73 Å². The normalized spacial score (nSPS) is 37.1. The van der Waals surface area contributed by atoms with Crippen LogP contribution in [0.25, 0.3) is 0 Å². The van der Waals surface area contributed by atoms with Crippen LogP contribution in [0.4, 0.5) is 0 Å². The van der Waals surface area contributed by atoms with Crippen LogP contribution in [-0.4, -0.2) is 64.0 Å². The lowest BCUT2D eigenvalue weighted by molar-refractivity contribution is -0.151. The van der Waals surface area contributed by atoms with Crippen molar-refractivity contribution < 1.29 is 34.7 Å². The molecule has 2 aliphatic rings. The fraction of sp³-hybridized carbons (Fsp3) is 0.500. The molecule has 1 saturated carbocycles. The van der Waals surface area contributed by atoms with Crippen LogP contribution < -0.4 is 15.2 Å². The Balaban J connectivity index is 2.07. The quantitative estimate of drug-likeness (QED) is 0.398. The third-order valence-corrected chi connectivity index (χ3v) is 4.29. The second-order valence-corrected chi connectivity index (χ2v) is 5.52. The Kier molecular flexibility index (Phi) is 3.79. The van der Waals surface area contributed by atoms with Crippen LogP contribution in [0.1, 0.15) is 21.8 Å². The summed E-state index contributed by atoms with van der Waals surface area (Å²) in [4.78, 5) is 11.3. The van der Waals surface area contributed by atoms with Gasteiger partial charge in [-0.3, -0.25) is 4.79 Å². The fourth-order valence-corrected chi connectivity index (χ4v) is 3.04. The molecule has 1 fully saturated rings. The number of aliphatic hydroxyl groups is 4. The maximum atomic E-state index is 11.3. The SMILES string of the molecule is N[C@H]1[C@H](O)[C@H](O)[C@@H](O)[C@H](O)[C@@H]1c1cc2c(cc1C=O)OCO2. The number of carbonyl (C=O) groups excluding carboxylic acids is 1. The summed E-state index contributed by atoms with van der Waals surface area (Å²) < 4.78 is 10.4. The first-order chi connectivity index (χ1) is 10.5. The van der Waals surface area contributed by atoms with Crippen LogP contribution in [-0.2, 0) is 0 Å². The Morgan fingerprint density at radius 3 is 2.23 bits per heavy atom. The summed E-state index contributed by atoms with van der Waals surface area (Å²) in [6.07, 6.45) is -5.44. The molecule has 120 valence electrons. The van der Waals surface area contributed by atoms with E-state index in [1.807, 2.05) is 0 Å². The van der Waals surface area contributed by atoms with Crippen LogP contribution in [0.3, 0.4) is 0 Å². The average molecular weight is 311 g/mol. The van der Waals surface area contributed by atoms with Crippen LogP contribution in [0.2, 0.25) is 0 Å². The van der Waals surface area contributed by atoms with Crippen LogP contribution in [0.15, 0.2) is 12.1 Å². The average Bonchev–Trinajstić information content (AvgIpc) is 2.97. The van der Waals surface area contributed by atoms with E-state index in [0.29, 0.717) is 23.3 Å². The van der Waals surface area contributed by atoms with E-state index in [0.717, 1.165) is 0 Å². The second kappa shape index (κ2) is 5.49. The van der Waals surface area contributed by atoms with Crippen LogP contribution in [0.5, 0.6) is 11.5 Å². The molecule has 0 amide bonds. The molecule has 0 radical (unpaired) electrons. The smallest absolute Gasteiger partial charge is 0.231 e. The predicted octanol–water partition coefficient (Wildman–Crippen LogP) is -1.90. The molecule has 0 aromatic heterocycles. The minimum absolute atomic E-state index is 0.0142. The molecule has 22 heavy (non-hydrogen) atoms. The van der Waals surface area contributed by atoms with Crippen molar-refractivity contribution in [2.75, 3.05) is 6.79 Å². The molecule has 0 bridgehead atoms. The van der Waals surface area contributed by atoms with Crippen LogP contribution >= 0.6 is 0 Å². The summed E-state index contributed by atoms with van der Waals surface area (Å²) in [5, 5.41) is 39.7. The van der Waals surface area contributed by atoms with Gasteiger partial charge in [0.1, 0.15) is 18.5 Å². The first-order valence-corrected chi connectivity index (χ1v) is 6.82. The minimum Gasteiger partial charge on any atom is -0.454 e. The van der Waals surface area contributed by atoms with E-state index in [2.05, 4.69) is 0 Å². The predicted molar refractivity (Wildman–Crippen MR) is 72.7 cm³/mol. The fourth-order valence-electron chi connectivity index (χ4n) is 3.04. The highest BCUT2D eigenvalue weighted by molar-refractivity contribution is 5.80. The highest BCUT2D eigenvalue weighted by Crippen LogP contribution is 2.41. The Hall–Kier alpha value is -1.71. The number of benzene rings is 1. The Labute approximate surface area is 125 Å². The lowest BCUT2D eigenvalue weighted by atomic mass is 9.73. The molecule has 1 aliphatic heterocycles. The molecule has 3 rings (SSSR count). The van der Waals surface area contributed by atoms with Crippen molar-refractivity contribution in [1.29, 1.82) is 0 Å². The van der Waals surface area contributed by atoms with Gasteiger partial charge in [0.25, 0.3) is 0 Å². The van der Waals surface area contributed by atoms with Gasteiger partial charge in [-0.15, -0.1) is 0 Å². The molecule has 8 nitrogen and oxygen atoms in total. The summed E-state index contributed by atoms with van der Waals surface area (Å²) in [5.41, 5.74) is 6.43. The molecule has 6 atom stereocenters. The molecular weight excluding hydrogens is 294 g/mol. The number of rotatable bonds is 2. The number of aldehydes is 1. The molecule has 1 aromatic carbocycles. The first-order valence-electron chi connectivity index (χ1n) is 6.82. The minimum atomic E-state index is -1.58. The van der Waals surface area contributed by atoms with E-state index in [9.17, 15) is 25.2 Å². The largest absolute Gasteiger partial charge is 0.454 e. The van der Waals surface area contributed by atoms with Gasteiger partial charge in [0.15, 0.2) is 11.5 Å². The molecule has 1 heterocycles. The molecular formula is C14H17NO7. The van der Waals surface area contributed by atoms with Gasteiger partial charge >= 0.3 is 0 Å². The number of hydrogen-bond acceptors (Lipinski definition) is 8. The van der Waals surface area contributed by atoms with Gasteiger partial charge in [-0.1, -0.05) is 0 Å². The van der Waals surface area contributed by atoms with E-state index in [1.165, 1.54) is 12.1 Å². The Morgan fingerprint density at radius 2 is 1.59 bits per heavy atom. The van der Waals surface area contributed by atoms with Gasteiger partial charge in [-0.2, -0.15) is 0 Å². The highest BCUT2D eigenvalue weighted by Gasteiger charge is 2.48. The third kappa shape index (κ3) is 2.16. The van der Waals surface area contributed by atoms with Crippen molar-refractivity contribution >= 4 is 6.29 Å². The summed E-state index contributed by atoms with van der Waals surface area (Å²) in [7, 11) is 0. The van der Waals surface area contributed by atoms with Crippen molar-refractivity contribution in [2.45, 2.75) is 36.4 Å². The topological polar surface area (TPSA) is 142 Å². The number of hydrogen-bond donors (Lipinski definition) is 5. The van der Waals surface area contributed by atoms with Crippen molar-refractivity contribution in [3.8, 4) is 11.5 Å². The maximum Gasteiger partial charge on any atom is 0.231 e. The van der Waals surface area contributed by atoms with Gasteiger partial charge in [0.2, 0.25) is 6.79 Å². The van der Waals surface area contributed by atoms with Crippen molar-refractivity contribution in [1.82, 2.24) is 0 Å². The van der Waals surface area contributed by atoms with Crippen molar-refractivity contribution in [3.63, 3.8) is 0 Å². The lowest BCUT2D eigenvalue weighted by Gasteiger charge is -2.43. The van der Waals surface area contributed by atoms with E-state index in [1.54, 1.807) is 0 Å². The van der Waals surface area contributed by atoms with Gasteiger partial charge in [-0.05, 0) is 17.7 Å². The summed E-state index contributed by atoms with van der Waals surface area (Å²) in [5.74, 6) is -0.163. The monoisotopic (exact) mass is 311 g/mol. The molecule has 8 heteroatoms. The Morgan fingerprint density at radius 1 is 1.00 bits per heavy atom. The highest BCUT2D eigenvalue weighted by atomic mass is 16.7. The summed E-state index contributed by atoms with van der Waals surface area (Å²) in [6.45, 7) is 0.0142. The van der Waals surface area contributed by atoms with Gasteiger partial charge < -0.3 is 35.6 Å². The summed E-state index contributed by atoms with van der Waals surface area (Å²) >= 11 is 0. The van der Waals surface area contributed by atoms with Gasteiger partial charge in [0.05, 0.1) is 12.2 Å². The number of carbonyl (C=O) groups is 1. The molecule has 0 spiro atoms. The maximum absolute atomic E-state index is 11.3. The van der Waals surface area contributed by atoms with Crippen molar-refractivity contribution in [3.05, 3.63) is 23.3 Å². The number of fused-ring (bicyclic) bond motifs is 1. The molecule has 0 unspecified atom stereocenters. The van der Waals surface area contributed by atoms with E-state index in [-0.39, 0.29) is 12.4 Å². The lowest BCUT2D eigenvalue weighted by Crippen LogP contribution is -2.62. The van der Waals surface area contributed by atoms with Gasteiger partial charge in [0, 0.05) is 17.5 Å².